The number of carboxylic acids is 1. The Morgan fingerprint density at radius 1 is 1.05 bits per heavy atom. The summed E-state index contributed by atoms with van der Waals surface area (Å²) in [5.74, 6) is -2.18. The largest absolute Gasteiger partial charge is 0.481 e. The lowest BCUT2D eigenvalue weighted by Gasteiger charge is -2.40. The molecule has 204 valence electrons. The van der Waals surface area contributed by atoms with E-state index in [1.807, 2.05) is 50.2 Å². The molecule has 0 radical (unpaired) electrons. The van der Waals surface area contributed by atoms with Crippen molar-refractivity contribution in [1.29, 1.82) is 0 Å². The van der Waals surface area contributed by atoms with Gasteiger partial charge < -0.3 is 14.9 Å². The Kier molecular flexibility index (Phi) is 9.02. The summed E-state index contributed by atoms with van der Waals surface area (Å²) < 4.78 is 14.9. The second kappa shape index (κ2) is 12.4. The van der Waals surface area contributed by atoms with Gasteiger partial charge in [-0.05, 0) is 93.1 Å². The molecule has 3 aromatic carbocycles. The van der Waals surface area contributed by atoms with Crippen LogP contribution in [0.3, 0.4) is 0 Å². The summed E-state index contributed by atoms with van der Waals surface area (Å²) in [7, 11) is 0. The van der Waals surface area contributed by atoms with Gasteiger partial charge in [0.1, 0.15) is 5.82 Å². The number of hydrogen-bond donors (Lipinski definition) is 1. The van der Waals surface area contributed by atoms with E-state index in [1.54, 1.807) is 34.1 Å². The first-order valence-electron chi connectivity index (χ1n) is 13.2. The minimum atomic E-state index is -0.872. The highest BCUT2D eigenvalue weighted by Crippen LogP contribution is 2.41. The van der Waals surface area contributed by atoms with Gasteiger partial charge >= 0.3 is 5.97 Å². The number of likely N-dealkylation sites (N-methyl/N-ethyl adjacent to an activating group) is 1. The van der Waals surface area contributed by atoms with Gasteiger partial charge in [0.2, 0.25) is 5.91 Å². The van der Waals surface area contributed by atoms with E-state index in [9.17, 15) is 18.8 Å². The van der Waals surface area contributed by atoms with Gasteiger partial charge in [-0.1, -0.05) is 35.9 Å². The number of fused-ring (bicyclic) bond motifs is 1. The number of benzene rings is 3. The fourth-order valence-corrected chi connectivity index (χ4v) is 5.37. The van der Waals surface area contributed by atoms with Crippen LogP contribution in [0, 0.1) is 5.82 Å². The van der Waals surface area contributed by atoms with Gasteiger partial charge in [-0.3, -0.25) is 14.4 Å². The fourth-order valence-electron chi connectivity index (χ4n) is 5.24. The number of hydrogen-bond acceptors (Lipinski definition) is 3. The summed E-state index contributed by atoms with van der Waals surface area (Å²) in [6.07, 6.45) is 1.89. The van der Waals surface area contributed by atoms with E-state index in [1.165, 1.54) is 6.07 Å². The zero-order valence-corrected chi connectivity index (χ0v) is 22.8. The molecular weight excluding hydrogens is 519 g/mol. The van der Waals surface area contributed by atoms with Crippen LogP contribution in [-0.2, 0) is 16.0 Å². The van der Waals surface area contributed by atoms with E-state index in [0.717, 1.165) is 11.3 Å². The molecule has 0 unspecified atom stereocenters. The molecule has 1 aliphatic heterocycles. The van der Waals surface area contributed by atoms with Crippen molar-refractivity contribution >= 4 is 40.8 Å². The van der Waals surface area contributed by atoms with Gasteiger partial charge in [0.25, 0.3) is 5.91 Å². The summed E-state index contributed by atoms with van der Waals surface area (Å²) in [4.78, 5) is 41.6. The molecule has 0 aliphatic carbocycles. The first kappa shape index (κ1) is 28.3. The topological polar surface area (TPSA) is 77.9 Å². The maximum atomic E-state index is 14.9. The number of nitrogens with zero attached hydrogens (tertiary/aromatic N) is 2. The van der Waals surface area contributed by atoms with E-state index >= 15 is 0 Å². The molecule has 8 heteroatoms. The maximum absolute atomic E-state index is 14.9. The van der Waals surface area contributed by atoms with Crippen molar-refractivity contribution in [1.82, 2.24) is 0 Å². The Hall–Kier alpha value is -3.71. The highest BCUT2D eigenvalue weighted by Gasteiger charge is 2.39. The third kappa shape index (κ3) is 6.31. The number of rotatable bonds is 9. The van der Waals surface area contributed by atoms with Crippen LogP contribution in [0.15, 0.2) is 66.7 Å². The summed E-state index contributed by atoms with van der Waals surface area (Å²) in [5.41, 5.74) is 2.84. The van der Waals surface area contributed by atoms with Crippen molar-refractivity contribution in [2.45, 2.75) is 57.9 Å². The number of para-hydroxylation sites is 1. The molecule has 2 amide bonds. The molecule has 1 N–H and O–H groups in total. The van der Waals surface area contributed by atoms with Gasteiger partial charge in [0.15, 0.2) is 0 Å². The van der Waals surface area contributed by atoms with Gasteiger partial charge in [0.05, 0.1) is 5.92 Å². The fraction of sp³-hybridized carbons (Fsp3) is 0.323. The van der Waals surface area contributed by atoms with Crippen LogP contribution in [0.2, 0.25) is 5.02 Å². The minimum absolute atomic E-state index is 0.0453. The average Bonchev–Trinajstić information content (AvgIpc) is 2.92. The van der Waals surface area contributed by atoms with Gasteiger partial charge in [-0.25, -0.2) is 4.39 Å². The van der Waals surface area contributed by atoms with Crippen molar-refractivity contribution < 1.29 is 23.9 Å². The Morgan fingerprint density at radius 3 is 2.44 bits per heavy atom. The standard InChI is InChI=1S/C31H32ClFN2O4/c1-3-34(24-16-14-23(32)15-17-24)31(39)26-18-20(2)35(28-10-6-5-9-25(26)28)30(38)22-13-12-21(27(33)19-22)8-4-7-11-29(36)37/h5-6,9-10,12-17,19-20,26H,3-4,7-8,11,18H2,1-2H3,(H,36,37)/t20-,26-/m0/s1. The number of carboxylic acid groups (broad SMARTS) is 1. The quantitative estimate of drug-likeness (QED) is 0.295. The van der Waals surface area contributed by atoms with Crippen LogP contribution < -0.4 is 9.80 Å². The minimum Gasteiger partial charge on any atom is -0.481 e. The maximum Gasteiger partial charge on any atom is 0.303 e. The molecule has 2 atom stereocenters. The van der Waals surface area contributed by atoms with Gasteiger partial charge in [-0.15, -0.1) is 0 Å². The SMILES string of the molecule is CCN(C(=O)[C@H]1C[C@H](C)N(C(=O)c2ccc(CCCCC(=O)O)c(F)c2)c2ccccc21)c1ccc(Cl)cc1. The van der Waals surface area contributed by atoms with Crippen LogP contribution in [0.5, 0.6) is 0 Å². The first-order valence-corrected chi connectivity index (χ1v) is 13.6. The predicted octanol–water partition coefficient (Wildman–Crippen LogP) is 6.85. The van der Waals surface area contributed by atoms with E-state index in [0.29, 0.717) is 48.5 Å². The highest BCUT2D eigenvalue weighted by molar-refractivity contribution is 6.30. The number of aryl methyl sites for hydroxylation is 1. The van der Waals surface area contributed by atoms with Crippen molar-refractivity contribution in [3.05, 3.63) is 94.3 Å². The molecular formula is C31H32ClFN2O4. The molecule has 0 spiro atoms. The zero-order valence-electron chi connectivity index (χ0n) is 22.1. The van der Waals surface area contributed by atoms with Crippen molar-refractivity contribution in [2.24, 2.45) is 0 Å². The van der Waals surface area contributed by atoms with Crippen molar-refractivity contribution in [2.75, 3.05) is 16.3 Å². The molecule has 0 saturated heterocycles. The Labute approximate surface area is 233 Å². The first-order chi connectivity index (χ1) is 18.7. The number of carbonyl (C=O) groups is 3. The molecule has 4 rings (SSSR count). The Balaban J connectivity index is 1.58. The summed E-state index contributed by atoms with van der Waals surface area (Å²) in [5, 5.41) is 9.38. The molecule has 6 nitrogen and oxygen atoms in total. The summed E-state index contributed by atoms with van der Waals surface area (Å²) in [6.45, 7) is 4.31. The Morgan fingerprint density at radius 2 is 1.77 bits per heavy atom. The van der Waals surface area contributed by atoms with E-state index < -0.39 is 17.7 Å². The summed E-state index contributed by atoms with van der Waals surface area (Å²) >= 11 is 6.04. The monoisotopic (exact) mass is 550 g/mol. The van der Waals surface area contributed by atoms with E-state index in [4.69, 9.17) is 16.7 Å². The van der Waals surface area contributed by atoms with Crippen LogP contribution in [0.25, 0.3) is 0 Å². The van der Waals surface area contributed by atoms with Crippen molar-refractivity contribution in [3.63, 3.8) is 0 Å². The van der Waals surface area contributed by atoms with E-state index in [-0.39, 0.29) is 29.8 Å². The second-order valence-corrected chi connectivity index (χ2v) is 10.3. The molecule has 0 aromatic heterocycles. The van der Waals surface area contributed by atoms with Crippen LogP contribution in [0.1, 0.15) is 66.9 Å². The average molecular weight is 551 g/mol. The molecule has 1 aliphatic rings. The third-order valence-corrected chi connectivity index (χ3v) is 7.47. The molecule has 39 heavy (non-hydrogen) atoms. The lowest BCUT2D eigenvalue weighted by molar-refractivity contribution is -0.137. The van der Waals surface area contributed by atoms with Gasteiger partial charge in [0, 0.05) is 41.0 Å². The number of aliphatic carboxylic acids is 1. The zero-order chi connectivity index (χ0) is 28.1. The number of halogens is 2. The molecule has 0 bridgehead atoms. The number of amides is 2. The summed E-state index contributed by atoms with van der Waals surface area (Å²) in [6, 6.07) is 18.7. The van der Waals surface area contributed by atoms with Crippen molar-refractivity contribution in [3.8, 4) is 0 Å². The van der Waals surface area contributed by atoms with Gasteiger partial charge in [-0.2, -0.15) is 0 Å². The highest BCUT2D eigenvalue weighted by atomic mass is 35.5. The lowest BCUT2D eigenvalue weighted by atomic mass is 9.84. The number of anilines is 2. The lowest BCUT2D eigenvalue weighted by Crippen LogP contribution is -2.46. The van der Waals surface area contributed by atoms with E-state index in [2.05, 4.69) is 0 Å². The van der Waals surface area contributed by atoms with Crippen LogP contribution in [-0.4, -0.2) is 35.5 Å². The second-order valence-electron chi connectivity index (χ2n) is 9.84. The smallest absolute Gasteiger partial charge is 0.303 e. The normalized spacial score (nSPS) is 16.5. The van der Waals surface area contributed by atoms with Crippen LogP contribution >= 0.6 is 11.6 Å². The molecule has 3 aromatic rings. The number of unbranched alkanes of at least 4 members (excludes halogenated alkanes) is 1. The molecule has 0 saturated carbocycles. The Bertz CT molecular complexity index is 1360. The third-order valence-electron chi connectivity index (χ3n) is 7.21. The number of carbonyl (C=O) groups excluding carboxylic acids is 2. The molecule has 0 fully saturated rings. The molecule has 1 heterocycles. The van der Waals surface area contributed by atoms with Crippen LogP contribution in [0.4, 0.5) is 15.8 Å². The predicted molar refractivity (Wildman–Crippen MR) is 151 cm³/mol.